The van der Waals surface area contributed by atoms with E-state index in [1.165, 1.54) is 4.90 Å². The van der Waals surface area contributed by atoms with Gasteiger partial charge in [0.15, 0.2) is 6.20 Å². The van der Waals surface area contributed by atoms with Crippen LogP contribution in [-0.2, 0) is 0 Å². The number of hydrogen-bond acceptors (Lipinski definition) is 10. The molecule has 1 N–H and O–H groups in total. The third-order valence-corrected chi connectivity index (χ3v) is 7.26. The smallest absolute Gasteiger partial charge is 0.301 e. The molecule has 1 saturated heterocycles. The highest BCUT2D eigenvalue weighted by Gasteiger charge is 2.47. The van der Waals surface area contributed by atoms with Gasteiger partial charge in [-0.15, -0.1) is 10.0 Å². The number of nitrogens with zero attached hydrogens (tertiary/aromatic N) is 7. The first-order valence-electron chi connectivity index (χ1n) is 12.7. The zero-order valence-corrected chi connectivity index (χ0v) is 21.8. The number of fused-ring (bicyclic) bond motifs is 2. The van der Waals surface area contributed by atoms with Gasteiger partial charge in [-0.2, -0.15) is 0 Å². The molecule has 2 aromatic carbocycles. The summed E-state index contributed by atoms with van der Waals surface area (Å²) in [5.74, 6) is 2.02. The molecule has 4 aliphatic heterocycles. The Morgan fingerprint density at radius 1 is 0.923 bits per heavy atom. The van der Waals surface area contributed by atoms with Crippen molar-refractivity contribution in [2.24, 2.45) is 15.1 Å². The largest absolute Gasteiger partial charge is 0.497 e. The van der Waals surface area contributed by atoms with Gasteiger partial charge in [0.05, 0.1) is 44.6 Å². The summed E-state index contributed by atoms with van der Waals surface area (Å²) in [6.07, 6.45) is 5.36. The number of benzene rings is 2. The predicted molar refractivity (Wildman–Crippen MR) is 146 cm³/mol. The van der Waals surface area contributed by atoms with Crippen molar-refractivity contribution < 1.29 is 23.8 Å². The van der Waals surface area contributed by atoms with Gasteiger partial charge in [0, 0.05) is 50.1 Å². The summed E-state index contributed by atoms with van der Waals surface area (Å²) in [5, 5.41) is 10.4. The highest BCUT2D eigenvalue weighted by molar-refractivity contribution is 6.30. The Morgan fingerprint density at radius 3 is 2.23 bits per heavy atom. The van der Waals surface area contributed by atoms with E-state index in [0.29, 0.717) is 60.6 Å². The van der Waals surface area contributed by atoms with Gasteiger partial charge in [-0.3, -0.25) is 24.4 Å². The number of methoxy groups -OCH3 is 2. The highest BCUT2D eigenvalue weighted by Crippen LogP contribution is 2.29. The van der Waals surface area contributed by atoms with E-state index in [-0.39, 0.29) is 16.5 Å². The summed E-state index contributed by atoms with van der Waals surface area (Å²) < 4.78 is 10.9. The van der Waals surface area contributed by atoms with Gasteiger partial charge in [-0.25, -0.2) is 0 Å². The molecule has 1 atom stereocenters. The Balaban J connectivity index is 1.11. The molecular formula is C27H29N8O4+. The van der Waals surface area contributed by atoms with Gasteiger partial charge in [0.25, 0.3) is 17.8 Å². The number of aliphatic imine (C=N–C) groups is 2. The summed E-state index contributed by atoms with van der Waals surface area (Å²) in [7, 11) is 3.21. The van der Waals surface area contributed by atoms with E-state index >= 15 is 0 Å². The van der Waals surface area contributed by atoms with E-state index < -0.39 is 0 Å². The third kappa shape index (κ3) is 4.48. The maximum Gasteiger partial charge on any atom is 0.301 e. The molecule has 0 spiro atoms. The molecule has 1 unspecified atom stereocenters. The zero-order valence-electron chi connectivity index (χ0n) is 21.8. The first-order valence-corrected chi connectivity index (χ1v) is 12.7. The maximum absolute atomic E-state index is 12.7. The van der Waals surface area contributed by atoms with Crippen molar-refractivity contribution in [3.05, 3.63) is 66.0 Å². The number of imide groups is 1. The summed E-state index contributed by atoms with van der Waals surface area (Å²) in [4.78, 5) is 38.0. The minimum Gasteiger partial charge on any atom is -0.497 e. The maximum atomic E-state index is 12.7. The number of carbonyl (C=O) groups is 2. The molecule has 2 amide bonds. The molecule has 2 aromatic rings. The van der Waals surface area contributed by atoms with Crippen LogP contribution in [0, 0.1) is 0 Å². The number of ether oxygens (including phenoxy) is 2. The molecular weight excluding hydrogens is 500 g/mol. The molecule has 0 bridgehead atoms. The summed E-state index contributed by atoms with van der Waals surface area (Å²) in [6, 6.07) is 12.5. The van der Waals surface area contributed by atoms with Crippen LogP contribution in [0.4, 0.5) is 5.69 Å². The van der Waals surface area contributed by atoms with Gasteiger partial charge in [0.1, 0.15) is 17.7 Å². The summed E-state index contributed by atoms with van der Waals surface area (Å²) >= 11 is 0. The Hall–Kier alpha value is -4.39. The van der Waals surface area contributed by atoms with Crippen molar-refractivity contribution in [2.45, 2.75) is 0 Å². The average molecular weight is 530 g/mol. The fraction of sp³-hybridized carbons (Fsp3) is 0.296. The van der Waals surface area contributed by atoms with Crippen LogP contribution in [-0.4, -0.2) is 103 Å². The molecule has 4 aliphatic rings. The van der Waals surface area contributed by atoms with E-state index in [9.17, 15) is 9.59 Å². The SMILES string of the molecule is COc1cc(NC2=N[N+]3(N4CCN(CCN5C(=O)c6ccccc6C5=O)CC4)C=CN=CC3=N2)cc(OC)c1. The minimum atomic E-state index is -0.216. The molecule has 6 rings (SSSR count). The van der Waals surface area contributed by atoms with E-state index in [4.69, 9.17) is 19.6 Å². The third-order valence-electron chi connectivity index (χ3n) is 7.26. The molecule has 4 heterocycles. The van der Waals surface area contributed by atoms with Gasteiger partial charge in [-0.05, 0) is 21.9 Å². The number of quaternary nitrogens is 1. The first kappa shape index (κ1) is 24.9. The van der Waals surface area contributed by atoms with Crippen LogP contribution in [0.25, 0.3) is 0 Å². The molecule has 12 heteroatoms. The number of amidine groups is 1. The van der Waals surface area contributed by atoms with Crippen LogP contribution in [0.3, 0.4) is 0 Å². The van der Waals surface area contributed by atoms with Crippen LogP contribution in [0.2, 0.25) is 0 Å². The average Bonchev–Trinajstić information content (AvgIpc) is 3.46. The standard InChI is InChI=1S/C27H29N8O4/c1-38-20-15-19(16-21(17-20)39-2)29-27-30-24-18-28-7-14-35(24,31-27)33-11-8-32(9-12-33)10-13-34-25(36)22-5-3-4-6-23(22)26(34)37/h3-7,14-18H,8-13H2,1-2H3,(H,29,31)/q+1. The van der Waals surface area contributed by atoms with E-state index in [1.54, 1.807) is 57.0 Å². The van der Waals surface area contributed by atoms with Crippen molar-refractivity contribution in [3.8, 4) is 11.5 Å². The number of nitrogens with one attached hydrogen (secondary N) is 1. The van der Waals surface area contributed by atoms with E-state index in [1.807, 2.05) is 18.3 Å². The van der Waals surface area contributed by atoms with Crippen LogP contribution < -0.4 is 14.8 Å². The molecule has 1 fully saturated rings. The van der Waals surface area contributed by atoms with Gasteiger partial charge < -0.3 is 14.8 Å². The van der Waals surface area contributed by atoms with Crippen molar-refractivity contribution in [1.29, 1.82) is 0 Å². The number of rotatable bonds is 7. The van der Waals surface area contributed by atoms with Crippen molar-refractivity contribution in [2.75, 3.05) is 58.8 Å². The fourth-order valence-corrected chi connectivity index (χ4v) is 5.18. The second kappa shape index (κ2) is 10.1. The number of piperazine rings is 1. The number of hydrogen-bond donors (Lipinski definition) is 1. The Labute approximate surface area is 225 Å². The quantitative estimate of drug-likeness (QED) is 0.431. The van der Waals surface area contributed by atoms with Crippen LogP contribution in [0.5, 0.6) is 11.5 Å². The Morgan fingerprint density at radius 2 is 1.59 bits per heavy atom. The minimum absolute atomic E-state index is 0.0964. The lowest BCUT2D eigenvalue weighted by molar-refractivity contribution is -0.918. The number of anilines is 1. The zero-order chi connectivity index (χ0) is 27.0. The van der Waals surface area contributed by atoms with Crippen LogP contribution >= 0.6 is 0 Å². The number of carbonyl (C=O) groups excluding carboxylic acids is 2. The lowest BCUT2D eigenvalue weighted by atomic mass is 10.1. The first-order chi connectivity index (χ1) is 19.0. The van der Waals surface area contributed by atoms with E-state index in [2.05, 4.69) is 20.2 Å². The fourth-order valence-electron chi connectivity index (χ4n) is 5.18. The molecule has 12 nitrogen and oxygen atoms in total. The summed E-state index contributed by atoms with van der Waals surface area (Å²) in [6.45, 7) is 3.92. The Kier molecular flexibility index (Phi) is 6.43. The van der Waals surface area contributed by atoms with Gasteiger partial charge in [0.2, 0.25) is 0 Å². The molecule has 0 aromatic heterocycles. The van der Waals surface area contributed by atoms with Crippen molar-refractivity contribution in [1.82, 2.24) is 14.8 Å². The monoisotopic (exact) mass is 529 g/mol. The molecule has 39 heavy (non-hydrogen) atoms. The van der Waals surface area contributed by atoms with Crippen LogP contribution in [0.15, 0.2) is 70.0 Å². The summed E-state index contributed by atoms with van der Waals surface area (Å²) in [5.41, 5.74) is 1.71. The van der Waals surface area contributed by atoms with E-state index in [0.717, 1.165) is 18.8 Å². The second-order valence-electron chi connectivity index (χ2n) is 9.45. The molecule has 0 aliphatic carbocycles. The normalized spacial score (nSPS) is 22.5. The number of amides is 2. The van der Waals surface area contributed by atoms with Crippen LogP contribution in [0.1, 0.15) is 20.7 Å². The van der Waals surface area contributed by atoms with Gasteiger partial charge >= 0.3 is 5.84 Å². The molecule has 0 radical (unpaired) electrons. The van der Waals surface area contributed by atoms with Gasteiger partial charge in [-0.1, -0.05) is 12.1 Å². The second-order valence-corrected chi connectivity index (χ2v) is 9.45. The number of guanidine groups is 1. The molecule has 200 valence electrons. The predicted octanol–water partition coefficient (Wildman–Crippen LogP) is 2.00. The topological polar surface area (TPSA) is 111 Å². The highest BCUT2D eigenvalue weighted by atomic mass is 16.5. The van der Waals surface area contributed by atoms with Crippen molar-refractivity contribution in [3.63, 3.8) is 0 Å². The molecule has 0 saturated carbocycles. The lowest BCUT2D eigenvalue weighted by Crippen LogP contribution is -2.62. The lowest BCUT2D eigenvalue weighted by Gasteiger charge is -2.40. The van der Waals surface area contributed by atoms with Crippen molar-refractivity contribution >= 4 is 35.5 Å². The Bertz CT molecular complexity index is 1390.